The first-order valence-electron chi connectivity index (χ1n) is 8.30. The number of nitrogen functional groups attached to an aromatic ring is 1. The number of hydrogen-bond acceptors (Lipinski definition) is 5. The molecule has 8 nitrogen and oxygen atoms in total. The van der Waals surface area contributed by atoms with Crippen LogP contribution < -0.4 is 5.73 Å². The largest absolute Gasteiger partial charge is 0.368 e. The summed E-state index contributed by atoms with van der Waals surface area (Å²) in [5.41, 5.74) is 18.1. The Labute approximate surface area is 159 Å². The van der Waals surface area contributed by atoms with Gasteiger partial charge in [-0.25, -0.2) is 15.0 Å². The van der Waals surface area contributed by atoms with Crippen LogP contribution in [0.3, 0.4) is 0 Å². The lowest BCUT2D eigenvalue weighted by atomic mass is 10.0. The molecule has 0 radical (unpaired) electrons. The standard InChI is InChI=1S/C17H19BrN8/c1-10(2)26-9-13(12-6-15(18)21-8-14(12)26)16-11(4-3-5-23-25-20)7-22-17(19)24-16/h6-10H,3-5H2,1-2H3,(H2,19,22,24). The summed E-state index contributed by atoms with van der Waals surface area (Å²) in [7, 11) is 0. The quantitative estimate of drug-likeness (QED) is 0.207. The van der Waals surface area contributed by atoms with Crippen molar-refractivity contribution in [1.82, 2.24) is 19.5 Å². The molecule has 134 valence electrons. The smallest absolute Gasteiger partial charge is 0.220 e. The molecule has 2 N–H and O–H groups in total. The summed E-state index contributed by atoms with van der Waals surface area (Å²) >= 11 is 3.45. The van der Waals surface area contributed by atoms with E-state index in [9.17, 15) is 0 Å². The maximum Gasteiger partial charge on any atom is 0.220 e. The first-order valence-corrected chi connectivity index (χ1v) is 9.09. The molecule has 0 spiro atoms. The highest BCUT2D eigenvalue weighted by molar-refractivity contribution is 9.10. The molecule has 0 aliphatic carbocycles. The maximum atomic E-state index is 8.44. The Morgan fingerprint density at radius 1 is 1.35 bits per heavy atom. The molecule has 0 aliphatic rings. The number of azide groups is 1. The van der Waals surface area contributed by atoms with Gasteiger partial charge in [0.1, 0.15) is 4.60 Å². The first kappa shape index (κ1) is 18.2. The van der Waals surface area contributed by atoms with Gasteiger partial charge < -0.3 is 10.3 Å². The zero-order valence-corrected chi connectivity index (χ0v) is 16.2. The Balaban J connectivity index is 2.15. The van der Waals surface area contributed by atoms with Gasteiger partial charge in [0.15, 0.2) is 0 Å². The van der Waals surface area contributed by atoms with Crippen LogP contribution in [0.1, 0.15) is 31.9 Å². The number of nitrogens with zero attached hydrogens (tertiary/aromatic N) is 7. The SMILES string of the molecule is CC(C)n1cc(-c2nc(N)ncc2CCCN=[N+]=[N-])c2cc(Br)ncc21. The summed E-state index contributed by atoms with van der Waals surface area (Å²) in [4.78, 5) is 15.8. The second kappa shape index (κ2) is 7.72. The van der Waals surface area contributed by atoms with Crippen molar-refractivity contribution in [2.45, 2.75) is 32.7 Å². The van der Waals surface area contributed by atoms with Gasteiger partial charge in [0, 0.05) is 40.8 Å². The van der Waals surface area contributed by atoms with Gasteiger partial charge in [-0.2, -0.15) is 0 Å². The predicted octanol–water partition coefficient (Wildman–Crippen LogP) is 4.66. The van der Waals surface area contributed by atoms with Crippen molar-refractivity contribution in [3.05, 3.63) is 45.3 Å². The zero-order chi connectivity index (χ0) is 18.7. The van der Waals surface area contributed by atoms with Crippen molar-refractivity contribution in [1.29, 1.82) is 0 Å². The first-order chi connectivity index (χ1) is 12.5. The van der Waals surface area contributed by atoms with E-state index in [1.807, 2.05) is 12.3 Å². The van der Waals surface area contributed by atoms with Crippen molar-refractivity contribution in [3.8, 4) is 11.3 Å². The van der Waals surface area contributed by atoms with Crippen LogP contribution in [-0.4, -0.2) is 26.1 Å². The van der Waals surface area contributed by atoms with E-state index in [1.165, 1.54) is 0 Å². The van der Waals surface area contributed by atoms with Crippen molar-refractivity contribution in [2.75, 3.05) is 12.3 Å². The zero-order valence-electron chi connectivity index (χ0n) is 14.6. The average molecular weight is 415 g/mol. The lowest BCUT2D eigenvalue weighted by Gasteiger charge is -2.09. The molecule has 26 heavy (non-hydrogen) atoms. The number of pyridine rings is 1. The van der Waals surface area contributed by atoms with Gasteiger partial charge in [-0.15, -0.1) is 0 Å². The van der Waals surface area contributed by atoms with Crippen LogP contribution in [0.25, 0.3) is 32.6 Å². The molecule has 0 saturated heterocycles. The van der Waals surface area contributed by atoms with Crippen LogP contribution in [0.4, 0.5) is 5.95 Å². The fraction of sp³-hybridized carbons (Fsp3) is 0.353. The molecule has 0 unspecified atom stereocenters. The Bertz CT molecular complexity index is 988. The molecule has 0 amide bonds. The topological polar surface area (TPSA) is 118 Å². The van der Waals surface area contributed by atoms with Crippen molar-refractivity contribution < 1.29 is 0 Å². The van der Waals surface area contributed by atoms with E-state index in [2.05, 4.69) is 65.5 Å². The molecular formula is C17H19BrN8. The number of hydrogen-bond donors (Lipinski definition) is 1. The highest BCUT2D eigenvalue weighted by Crippen LogP contribution is 2.34. The van der Waals surface area contributed by atoms with Crippen molar-refractivity contribution in [3.63, 3.8) is 0 Å². The highest BCUT2D eigenvalue weighted by Gasteiger charge is 2.17. The van der Waals surface area contributed by atoms with Crippen LogP contribution in [0.2, 0.25) is 0 Å². The van der Waals surface area contributed by atoms with E-state index < -0.39 is 0 Å². The van der Waals surface area contributed by atoms with Gasteiger partial charge in [0.25, 0.3) is 0 Å². The number of aryl methyl sites for hydroxylation is 1. The number of aromatic nitrogens is 4. The number of rotatable bonds is 6. The fourth-order valence-corrected chi connectivity index (χ4v) is 3.29. The highest BCUT2D eigenvalue weighted by atomic mass is 79.9. The Morgan fingerprint density at radius 3 is 2.88 bits per heavy atom. The van der Waals surface area contributed by atoms with Gasteiger partial charge >= 0.3 is 0 Å². The van der Waals surface area contributed by atoms with Crippen LogP contribution in [-0.2, 0) is 6.42 Å². The van der Waals surface area contributed by atoms with Crippen LogP contribution >= 0.6 is 15.9 Å². The second-order valence-corrected chi connectivity index (χ2v) is 7.04. The summed E-state index contributed by atoms with van der Waals surface area (Å²) in [6, 6.07) is 2.27. The molecule has 0 aromatic carbocycles. The number of nitrogens with two attached hydrogens (primary N) is 1. The molecule has 3 rings (SSSR count). The Kier molecular flexibility index (Phi) is 5.39. The van der Waals surface area contributed by atoms with Crippen LogP contribution in [0.15, 0.2) is 34.4 Å². The summed E-state index contributed by atoms with van der Waals surface area (Å²) in [5, 5.41) is 4.64. The molecule has 3 aromatic heterocycles. The van der Waals surface area contributed by atoms with Gasteiger partial charge in [-0.1, -0.05) is 5.11 Å². The molecular weight excluding hydrogens is 396 g/mol. The minimum absolute atomic E-state index is 0.234. The molecule has 0 aliphatic heterocycles. The average Bonchev–Trinajstić information content (AvgIpc) is 2.98. The second-order valence-electron chi connectivity index (χ2n) is 6.23. The number of fused-ring (bicyclic) bond motifs is 1. The monoisotopic (exact) mass is 414 g/mol. The third-order valence-corrected chi connectivity index (χ3v) is 4.58. The van der Waals surface area contributed by atoms with Gasteiger partial charge in [-0.3, -0.25) is 0 Å². The van der Waals surface area contributed by atoms with Crippen molar-refractivity contribution >= 4 is 32.8 Å². The summed E-state index contributed by atoms with van der Waals surface area (Å²) in [5.74, 6) is 0.234. The molecule has 0 fully saturated rings. The third-order valence-electron chi connectivity index (χ3n) is 4.15. The van der Waals surface area contributed by atoms with Crippen LogP contribution in [0.5, 0.6) is 0 Å². The summed E-state index contributed by atoms with van der Waals surface area (Å²) in [6.45, 7) is 4.68. The van der Waals surface area contributed by atoms with Gasteiger partial charge in [0.2, 0.25) is 5.95 Å². The van der Waals surface area contributed by atoms with Gasteiger partial charge in [-0.05, 0) is 59.8 Å². The van der Waals surface area contributed by atoms with E-state index in [4.69, 9.17) is 11.3 Å². The Morgan fingerprint density at radius 2 is 2.15 bits per heavy atom. The van der Waals surface area contributed by atoms with E-state index in [0.29, 0.717) is 13.0 Å². The van der Waals surface area contributed by atoms with Gasteiger partial charge in [0.05, 0.1) is 17.4 Å². The third kappa shape index (κ3) is 3.63. The Hall–Kier alpha value is -2.64. The molecule has 9 heteroatoms. The number of anilines is 1. The fourth-order valence-electron chi connectivity index (χ4n) is 2.96. The molecule has 0 atom stereocenters. The van der Waals surface area contributed by atoms with Crippen LogP contribution in [0, 0.1) is 0 Å². The minimum Gasteiger partial charge on any atom is -0.368 e. The predicted molar refractivity (Wildman–Crippen MR) is 106 cm³/mol. The van der Waals surface area contributed by atoms with E-state index in [0.717, 1.165) is 38.7 Å². The van der Waals surface area contributed by atoms with E-state index in [1.54, 1.807) is 6.20 Å². The van der Waals surface area contributed by atoms with E-state index in [-0.39, 0.29) is 12.0 Å². The van der Waals surface area contributed by atoms with E-state index >= 15 is 0 Å². The molecule has 0 saturated carbocycles. The number of halogens is 1. The molecule has 3 heterocycles. The minimum atomic E-state index is 0.234. The summed E-state index contributed by atoms with van der Waals surface area (Å²) in [6.07, 6.45) is 7.12. The van der Waals surface area contributed by atoms with Crippen molar-refractivity contribution in [2.24, 2.45) is 5.11 Å². The lowest BCUT2D eigenvalue weighted by molar-refractivity contribution is 0.622. The molecule has 3 aromatic rings. The molecule has 0 bridgehead atoms. The lowest BCUT2D eigenvalue weighted by Crippen LogP contribution is -2.02. The maximum absolute atomic E-state index is 8.44. The summed E-state index contributed by atoms with van der Waals surface area (Å²) < 4.78 is 2.94. The normalized spacial score (nSPS) is 11.1.